The summed E-state index contributed by atoms with van der Waals surface area (Å²) in [6.45, 7) is 1.23. The minimum Gasteiger partial charge on any atom is -0.479 e. The molecule has 0 spiro atoms. The topological polar surface area (TPSA) is 53.3 Å². The van der Waals surface area contributed by atoms with Crippen molar-refractivity contribution in [3.63, 3.8) is 0 Å². The van der Waals surface area contributed by atoms with Crippen molar-refractivity contribution in [1.82, 2.24) is 4.90 Å². The molecule has 0 fully saturated rings. The molecule has 3 rings (SSSR count). The van der Waals surface area contributed by atoms with E-state index in [0.717, 1.165) is 17.5 Å². The molecule has 30 heavy (non-hydrogen) atoms. The molecule has 0 atom stereocenters. The fraction of sp³-hybridized carbons (Fsp3) is 0.154. The van der Waals surface area contributed by atoms with Crippen molar-refractivity contribution in [2.75, 3.05) is 13.2 Å². The molecule has 0 aliphatic heterocycles. The number of benzene rings is 3. The highest BCUT2D eigenvalue weighted by molar-refractivity contribution is 5.91. The van der Waals surface area contributed by atoms with E-state index < -0.39 is 0 Å². The minimum absolute atomic E-state index is 0.0174. The lowest BCUT2D eigenvalue weighted by atomic mass is 10.1. The van der Waals surface area contributed by atoms with E-state index in [1.165, 1.54) is 5.56 Å². The van der Waals surface area contributed by atoms with Crippen LogP contribution in [-0.2, 0) is 17.8 Å². The molecule has 0 heterocycles. The number of carbonyl (C=O) groups excluding carboxylic acids is 1. The van der Waals surface area contributed by atoms with Crippen molar-refractivity contribution in [2.24, 2.45) is 0 Å². The van der Waals surface area contributed by atoms with Gasteiger partial charge in [0.05, 0.1) is 0 Å². The lowest BCUT2D eigenvalue weighted by molar-refractivity contribution is -0.126. The summed E-state index contributed by atoms with van der Waals surface area (Å²) in [6, 6.07) is 29.5. The van der Waals surface area contributed by atoms with E-state index in [9.17, 15) is 4.79 Å². The summed E-state index contributed by atoms with van der Waals surface area (Å²) in [4.78, 5) is 14.8. The maximum atomic E-state index is 12.9. The SMILES string of the molecule is N#CCOc1ccc(/C=C/C(=O)N(CCc2ccccc2)Cc2ccccc2)cc1. The Balaban J connectivity index is 1.67. The Morgan fingerprint density at radius 1 is 0.900 bits per heavy atom. The van der Waals surface area contributed by atoms with Gasteiger partial charge in [-0.25, -0.2) is 0 Å². The number of ether oxygens (including phenoxy) is 1. The molecule has 0 aliphatic carbocycles. The van der Waals surface area contributed by atoms with Crippen molar-refractivity contribution in [1.29, 1.82) is 5.26 Å². The normalized spacial score (nSPS) is 10.5. The van der Waals surface area contributed by atoms with Crippen LogP contribution in [0.4, 0.5) is 0 Å². The van der Waals surface area contributed by atoms with Crippen LogP contribution in [0.2, 0.25) is 0 Å². The van der Waals surface area contributed by atoms with Crippen LogP contribution in [0, 0.1) is 11.3 Å². The molecular weight excluding hydrogens is 372 g/mol. The highest BCUT2D eigenvalue weighted by atomic mass is 16.5. The molecule has 0 N–H and O–H groups in total. The Bertz CT molecular complexity index is 991. The third-order valence-corrected chi connectivity index (χ3v) is 4.64. The van der Waals surface area contributed by atoms with Crippen molar-refractivity contribution < 1.29 is 9.53 Å². The molecule has 1 amide bonds. The highest BCUT2D eigenvalue weighted by Crippen LogP contribution is 2.14. The quantitative estimate of drug-likeness (QED) is 0.485. The van der Waals surface area contributed by atoms with Crippen LogP contribution in [-0.4, -0.2) is 24.0 Å². The van der Waals surface area contributed by atoms with Gasteiger partial charge >= 0.3 is 0 Å². The third kappa shape index (κ3) is 6.65. The fourth-order valence-electron chi connectivity index (χ4n) is 3.04. The lowest BCUT2D eigenvalue weighted by Crippen LogP contribution is -2.31. The number of hydrogen-bond donors (Lipinski definition) is 0. The van der Waals surface area contributed by atoms with Crippen molar-refractivity contribution in [3.05, 3.63) is 108 Å². The molecule has 0 saturated heterocycles. The number of hydrogen-bond acceptors (Lipinski definition) is 3. The average molecular weight is 396 g/mol. The van der Waals surface area contributed by atoms with E-state index in [-0.39, 0.29) is 12.5 Å². The Kier molecular flexibility index (Phi) is 7.82. The highest BCUT2D eigenvalue weighted by Gasteiger charge is 2.11. The van der Waals surface area contributed by atoms with Gasteiger partial charge in [0.1, 0.15) is 11.8 Å². The number of amides is 1. The second-order valence-corrected chi connectivity index (χ2v) is 6.83. The first kappa shape index (κ1) is 20.9. The second kappa shape index (κ2) is 11.2. The first-order valence-corrected chi connectivity index (χ1v) is 9.89. The Morgan fingerprint density at radius 3 is 2.17 bits per heavy atom. The van der Waals surface area contributed by atoms with Gasteiger partial charge < -0.3 is 9.64 Å². The number of carbonyl (C=O) groups is 1. The van der Waals surface area contributed by atoms with Crippen LogP contribution < -0.4 is 4.74 Å². The summed E-state index contributed by atoms with van der Waals surface area (Å²) in [6.07, 6.45) is 4.22. The Hall–Kier alpha value is -3.84. The molecule has 0 unspecified atom stereocenters. The molecular formula is C26H24N2O2. The lowest BCUT2D eigenvalue weighted by Gasteiger charge is -2.21. The zero-order valence-corrected chi connectivity index (χ0v) is 16.8. The van der Waals surface area contributed by atoms with Gasteiger partial charge in [-0.05, 0) is 41.3 Å². The second-order valence-electron chi connectivity index (χ2n) is 6.83. The fourth-order valence-corrected chi connectivity index (χ4v) is 3.04. The maximum absolute atomic E-state index is 12.9. The van der Waals surface area contributed by atoms with E-state index >= 15 is 0 Å². The van der Waals surface area contributed by atoms with Gasteiger partial charge in [-0.15, -0.1) is 0 Å². The van der Waals surface area contributed by atoms with E-state index in [4.69, 9.17) is 10.00 Å². The first-order valence-electron chi connectivity index (χ1n) is 9.89. The van der Waals surface area contributed by atoms with Crippen LogP contribution in [0.25, 0.3) is 6.08 Å². The summed E-state index contributed by atoms with van der Waals surface area (Å²) >= 11 is 0. The average Bonchev–Trinajstić information content (AvgIpc) is 2.81. The minimum atomic E-state index is -0.0282. The van der Waals surface area contributed by atoms with Gasteiger partial charge in [-0.2, -0.15) is 5.26 Å². The van der Waals surface area contributed by atoms with Crippen LogP contribution >= 0.6 is 0 Å². The molecule has 3 aromatic carbocycles. The van der Waals surface area contributed by atoms with Gasteiger partial charge in [0, 0.05) is 19.2 Å². The third-order valence-electron chi connectivity index (χ3n) is 4.64. The molecule has 0 saturated carbocycles. The predicted molar refractivity (Wildman–Crippen MR) is 119 cm³/mol. The van der Waals surface area contributed by atoms with E-state index in [2.05, 4.69) is 12.1 Å². The van der Waals surface area contributed by atoms with Gasteiger partial charge in [0.25, 0.3) is 0 Å². The Morgan fingerprint density at radius 2 is 1.53 bits per heavy atom. The van der Waals surface area contributed by atoms with Gasteiger partial charge in [-0.3, -0.25) is 4.79 Å². The number of nitrogens with zero attached hydrogens (tertiary/aromatic N) is 2. The molecule has 150 valence electrons. The van der Waals surface area contributed by atoms with Crippen LogP contribution in [0.5, 0.6) is 5.75 Å². The molecule has 3 aromatic rings. The van der Waals surface area contributed by atoms with E-state index in [1.54, 1.807) is 24.3 Å². The van der Waals surface area contributed by atoms with E-state index in [0.29, 0.717) is 18.8 Å². The zero-order chi connectivity index (χ0) is 21.0. The summed E-state index contributed by atoms with van der Waals surface area (Å²) in [5.41, 5.74) is 3.21. The summed E-state index contributed by atoms with van der Waals surface area (Å²) in [5.74, 6) is 0.605. The molecule has 0 aliphatic rings. The number of nitriles is 1. The van der Waals surface area contributed by atoms with Gasteiger partial charge in [0.2, 0.25) is 5.91 Å². The predicted octanol–water partition coefficient (Wildman–Crippen LogP) is 4.87. The standard InChI is InChI=1S/C26H24N2O2/c27-18-20-30-25-14-11-23(12-15-25)13-16-26(29)28(21-24-9-5-2-6-10-24)19-17-22-7-3-1-4-8-22/h1-16H,17,19-21H2/b16-13+. The van der Waals surface area contributed by atoms with E-state index in [1.807, 2.05) is 71.6 Å². The zero-order valence-electron chi connectivity index (χ0n) is 16.8. The van der Waals surface area contributed by atoms with Gasteiger partial charge in [0.15, 0.2) is 6.61 Å². The van der Waals surface area contributed by atoms with Crippen molar-refractivity contribution in [3.8, 4) is 11.8 Å². The Labute approximate surface area is 177 Å². The molecule has 0 aromatic heterocycles. The van der Waals surface area contributed by atoms with Crippen molar-refractivity contribution in [2.45, 2.75) is 13.0 Å². The van der Waals surface area contributed by atoms with Crippen LogP contribution in [0.1, 0.15) is 16.7 Å². The molecule has 0 radical (unpaired) electrons. The summed E-state index contributed by atoms with van der Waals surface area (Å²) < 4.78 is 5.25. The molecule has 4 nitrogen and oxygen atoms in total. The van der Waals surface area contributed by atoms with Crippen LogP contribution in [0.15, 0.2) is 91.0 Å². The largest absolute Gasteiger partial charge is 0.479 e. The molecule has 0 bridgehead atoms. The summed E-state index contributed by atoms with van der Waals surface area (Å²) in [7, 11) is 0. The summed E-state index contributed by atoms with van der Waals surface area (Å²) in [5, 5.41) is 8.57. The first-order chi connectivity index (χ1) is 14.7. The number of rotatable bonds is 9. The van der Waals surface area contributed by atoms with Crippen molar-refractivity contribution >= 4 is 12.0 Å². The van der Waals surface area contributed by atoms with Crippen LogP contribution in [0.3, 0.4) is 0 Å². The molecule has 4 heteroatoms. The monoisotopic (exact) mass is 396 g/mol. The van der Waals surface area contributed by atoms with Gasteiger partial charge in [-0.1, -0.05) is 72.8 Å². The smallest absolute Gasteiger partial charge is 0.246 e. The maximum Gasteiger partial charge on any atom is 0.246 e.